The summed E-state index contributed by atoms with van der Waals surface area (Å²) in [6.07, 6.45) is 2.05. The second-order valence-corrected chi connectivity index (χ2v) is 8.07. The van der Waals surface area contributed by atoms with Gasteiger partial charge in [0.2, 0.25) is 5.92 Å². The van der Waals surface area contributed by atoms with Crippen molar-refractivity contribution >= 4 is 33.5 Å². The van der Waals surface area contributed by atoms with Crippen molar-refractivity contribution in [2.45, 2.75) is 24.9 Å². The van der Waals surface area contributed by atoms with Crippen LogP contribution in [0.3, 0.4) is 0 Å². The Morgan fingerprint density at radius 1 is 1.30 bits per heavy atom. The number of nitrogens with two attached hydrogens (primary N) is 1. The third kappa shape index (κ3) is 3.44. The number of hydrogen-bond acceptors (Lipinski definition) is 5. The standard InChI is InChI=1S/C20H19F2N3OS/c1-24-9-14-4-13(10-25-19(14)23)11-2-3-12-6-17(27-16(12)5-11)18(26)15-7-20(21,22)8-15/h2-6,9-10,15,18,26H,7-8H2,1H3,(H2,23,25). The van der Waals surface area contributed by atoms with Crippen molar-refractivity contribution in [1.82, 2.24) is 4.98 Å². The Morgan fingerprint density at radius 3 is 2.78 bits per heavy atom. The van der Waals surface area contributed by atoms with Crippen molar-refractivity contribution in [3.63, 3.8) is 0 Å². The molecule has 0 spiro atoms. The van der Waals surface area contributed by atoms with E-state index < -0.39 is 12.0 Å². The highest BCUT2D eigenvalue weighted by molar-refractivity contribution is 7.19. The molecule has 0 radical (unpaired) electrons. The first kappa shape index (κ1) is 18.0. The maximum atomic E-state index is 13.1. The molecule has 1 aliphatic carbocycles. The molecule has 7 heteroatoms. The van der Waals surface area contributed by atoms with Crippen LogP contribution in [0.25, 0.3) is 21.2 Å². The number of halogens is 2. The molecule has 0 aliphatic heterocycles. The zero-order valence-electron chi connectivity index (χ0n) is 14.7. The third-order valence-corrected chi connectivity index (χ3v) is 6.12. The first-order valence-corrected chi connectivity index (χ1v) is 9.45. The summed E-state index contributed by atoms with van der Waals surface area (Å²) in [5, 5.41) is 11.4. The normalized spacial score (nSPS) is 18.1. The van der Waals surface area contributed by atoms with Gasteiger partial charge in [-0.1, -0.05) is 12.1 Å². The summed E-state index contributed by atoms with van der Waals surface area (Å²) in [6, 6.07) is 9.78. The van der Waals surface area contributed by atoms with Gasteiger partial charge in [0.1, 0.15) is 5.82 Å². The van der Waals surface area contributed by atoms with E-state index in [-0.39, 0.29) is 18.8 Å². The fourth-order valence-electron chi connectivity index (χ4n) is 3.43. The molecular weight excluding hydrogens is 368 g/mol. The van der Waals surface area contributed by atoms with Gasteiger partial charge in [0.15, 0.2) is 0 Å². The molecule has 140 valence electrons. The minimum absolute atomic E-state index is 0.244. The highest BCUT2D eigenvalue weighted by atomic mass is 32.1. The van der Waals surface area contributed by atoms with Gasteiger partial charge in [-0.3, -0.25) is 4.99 Å². The molecule has 1 aliphatic rings. The minimum atomic E-state index is -2.63. The average Bonchev–Trinajstić information content (AvgIpc) is 3.04. The smallest absolute Gasteiger partial charge is 0.248 e. The van der Waals surface area contributed by atoms with Crippen LogP contribution >= 0.6 is 11.3 Å². The van der Waals surface area contributed by atoms with E-state index in [1.807, 2.05) is 30.3 Å². The number of pyridine rings is 1. The van der Waals surface area contributed by atoms with Crippen molar-refractivity contribution in [2.24, 2.45) is 10.9 Å². The van der Waals surface area contributed by atoms with Gasteiger partial charge in [0.25, 0.3) is 0 Å². The SMILES string of the molecule is CN=Cc1cc(-c2ccc3cc(C(O)C4CC(F)(F)C4)sc3c2)cnc1N. The molecule has 2 aromatic heterocycles. The van der Waals surface area contributed by atoms with Crippen molar-refractivity contribution < 1.29 is 13.9 Å². The van der Waals surface area contributed by atoms with E-state index in [9.17, 15) is 13.9 Å². The number of hydrogen-bond donors (Lipinski definition) is 2. The number of rotatable bonds is 4. The van der Waals surface area contributed by atoms with E-state index in [4.69, 9.17) is 5.73 Å². The van der Waals surface area contributed by atoms with Crippen molar-refractivity contribution in [3.05, 3.63) is 47.0 Å². The molecule has 2 heterocycles. The highest BCUT2D eigenvalue weighted by Gasteiger charge is 2.48. The number of alkyl halides is 2. The van der Waals surface area contributed by atoms with E-state index in [0.717, 1.165) is 31.7 Å². The maximum Gasteiger partial charge on any atom is 0.248 e. The maximum absolute atomic E-state index is 13.1. The van der Waals surface area contributed by atoms with Gasteiger partial charge < -0.3 is 10.8 Å². The van der Waals surface area contributed by atoms with Gasteiger partial charge in [0, 0.05) is 58.9 Å². The number of aliphatic imine (C=N–C) groups is 1. The Morgan fingerprint density at radius 2 is 2.07 bits per heavy atom. The molecule has 0 saturated heterocycles. The second-order valence-electron chi connectivity index (χ2n) is 6.96. The number of anilines is 1. The van der Waals surface area contributed by atoms with E-state index in [2.05, 4.69) is 9.98 Å². The van der Waals surface area contributed by atoms with Crippen LogP contribution in [0.5, 0.6) is 0 Å². The van der Waals surface area contributed by atoms with Crippen LogP contribution in [0.15, 0.2) is 41.5 Å². The quantitative estimate of drug-likeness (QED) is 0.639. The van der Waals surface area contributed by atoms with Crippen molar-refractivity contribution in [1.29, 1.82) is 0 Å². The van der Waals surface area contributed by atoms with Crippen molar-refractivity contribution in [2.75, 3.05) is 12.8 Å². The predicted molar refractivity (Wildman–Crippen MR) is 106 cm³/mol. The van der Waals surface area contributed by atoms with Crippen LogP contribution in [-0.4, -0.2) is 29.3 Å². The fourth-order valence-corrected chi connectivity index (χ4v) is 4.62. The molecule has 3 N–H and O–H groups in total. The van der Waals surface area contributed by atoms with Crippen LogP contribution in [0.2, 0.25) is 0 Å². The molecular formula is C20H19F2N3OS. The minimum Gasteiger partial charge on any atom is -0.387 e. The summed E-state index contributed by atoms with van der Waals surface area (Å²) in [4.78, 5) is 8.95. The van der Waals surface area contributed by atoms with Gasteiger partial charge in [-0.25, -0.2) is 13.8 Å². The van der Waals surface area contributed by atoms with Crippen LogP contribution in [0.4, 0.5) is 14.6 Å². The van der Waals surface area contributed by atoms with E-state index in [0.29, 0.717) is 5.82 Å². The number of aliphatic hydroxyl groups is 1. The topological polar surface area (TPSA) is 71.5 Å². The molecule has 0 bridgehead atoms. The number of nitrogen functional groups attached to an aromatic ring is 1. The summed E-state index contributed by atoms with van der Waals surface area (Å²) in [7, 11) is 1.68. The third-order valence-electron chi connectivity index (χ3n) is 4.95. The molecule has 4 rings (SSSR count). The highest BCUT2D eigenvalue weighted by Crippen LogP contribution is 2.49. The zero-order valence-corrected chi connectivity index (χ0v) is 15.5. The Bertz CT molecular complexity index is 1020. The van der Waals surface area contributed by atoms with Gasteiger partial charge >= 0.3 is 0 Å². The number of nitrogens with zero attached hydrogens (tertiary/aromatic N) is 2. The van der Waals surface area contributed by atoms with Gasteiger partial charge in [-0.2, -0.15) is 0 Å². The lowest BCUT2D eigenvalue weighted by atomic mass is 9.77. The molecule has 4 nitrogen and oxygen atoms in total. The average molecular weight is 387 g/mol. The Balaban J connectivity index is 1.64. The second kappa shape index (κ2) is 6.65. The Hall–Kier alpha value is -2.38. The molecule has 27 heavy (non-hydrogen) atoms. The molecule has 0 amide bonds. The van der Waals surface area contributed by atoms with Crippen LogP contribution in [0, 0.1) is 5.92 Å². The van der Waals surface area contributed by atoms with Crippen molar-refractivity contribution in [3.8, 4) is 11.1 Å². The van der Waals surface area contributed by atoms with Crippen LogP contribution in [-0.2, 0) is 0 Å². The summed E-state index contributed by atoms with van der Waals surface area (Å²) >= 11 is 1.44. The number of benzene rings is 1. The van der Waals surface area contributed by atoms with Gasteiger partial charge in [-0.15, -0.1) is 11.3 Å². The Labute approximate surface area is 159 Å². The zero-order chi connectivity index (χ0) is 19.2. The number of aromatic nitrogens is 1. The van der Waals surface area contributed by atoms with Gasteiger partial charge in [-0.05, 0) is 29.1 Å². The lowest BCUT2D eigenvalue weighted by Crippen LogP contribution is -2.38. The first-order valence-electron chi connectivity index (χ1n) is 8.64. The molecule has 1 unspecified atom stereocenters. The largest absolute Gasteiger partial charge is 0.387 e. The van der Waals surface area contributed by atoms with E-state index >= 15 is 0 Å². The van der Waals surface area contributed by atoms with E-state index in [1.165, 1.54) is 11.3 Å². The monoisotopic (exact) mass is 387 g/mol. The lowest BCUT2D eigenvalue weighted by molar-refractivity contribution is -0.141. The van der Waals surface area contributed by atoms with Crippen LogP contribution < -0.4 is 5.73 Å². The summed E-state index contributed by atoms with van der Waals surface area (Å²) in [5.74, 6) is -2.58. The van der Waals surface area contributed by atoms with Gasteiger partial charge in [0.05, 0.1) is 6.10 Å². The molecule has 1 fully saturated rings. The van der Waals surface area contributed by atoms with Crippen LogP contribution in [0.1, 0.15) is 29.4 Å². The molecule has 1 saturated carbocycles. The number of aliphatic hydroxyl groups excluding tert-OH is 1. The molecule has 1 atom stereocenters. The molecule has 3 aromatic rings. The first-order chi connectivity index (χ1) is 12.9. The Kier molecular flexibility index (Phi) is 4.44. The number of fused-ring (bicyclic) bond motifs is 1. The fraction of sp³-hybridized carbons (Fsp3) is 0.300. The summed E-state index contributed by atoms with van der Waals surface area (Å²) < 4.78 is 27.2. The van der Waals surface area contributed by atoms with E-state index in [1.54, 1.807) is 19.5 Å². The predicted octanol–water partition coefficient (Wildman–Crippen LogP) is 4.67. The summed E-state index contributed by atoms with van der Waals surface area (Å²) in [6.45, 7) is 0. The number of thiophene rings is 1. The lowest BCUT2D eigenvalue weighted by Gasteiger charge is -2.37. The molecule has 1 aromatic carbocycles. The summed E-state index contributed by atoms with van der Waals surface area (Å²) in [5.41, 5.74) is 8.50.